The van der Waals surface area contributed by atoms with Crippen molar-refractivity contribution in [1.29, 1.82) is 0 Å². The molecule has 0 fully saturated rings. The molecule has 0 unspecified atom stereocenters. The standard InChI is InChI=1S/C14H19N3O/c1-17(2)7-8-18-14-9-11(10-15)12-5-3-4-6-13(12)16-14/h3-6,9H,7-8,10,15H2,1-2H3. The molecule has 1 heterocycles. The fourth-order valence-electron chi connectivity index (χ4n) is 1.80. The summed E-state index contributed by atoms with van der Waals surface area (Å²) in [5.41, 5.74) is 7.77. The molecule has 2 aromatic rings. The van der Waals surface area contributed by atoms with Gasteiger partial charge in [0.05, 0.1) is 5.52 Å². The van der Waals surface area contributed by atoms with Crippen molar-refractivity contribution in [2.24, 2.45) is 5.73 Å². The molecular weight excluding hydrogens is 226 g/mol. The Bertz CT molecular complexity index is 525. The van der Waals surface area contributed by atoms with Gasteiger partial charge in [-0.3, -0.25) is 0 Å². The molecule has 0 bridgehead atoms. The third-order valence-corrected chi connectivity index (χ3v) is 2.79. The lowest BCUT2D eigenvalue weighted by Crippen LogP contribution is -2.19. The number of nitrogens with two attached hydrogens (primary N) is 1. The van der Waals surface area contributed by atoms with Crippen molar-refractivity contribution >= 4 is 10.9 Å². The zero-order valence-electron chi connectivity index (χ0n) is 10.9. The van der Waals surface area contributed by atoms with E-state index >= 15 is 0 Å². The Morgan fingerprint density at radius 2 is 2.06 bits per heavy atom. The van der Waals surface area contributed by atoms with Gasteiger partial charge in [0, 0.05) is 24.5 Å². The molecule has 0 aliphatic heterocycles. The van der Waals surface area contributed by atoms with Crippen molar-refractivity contribution in [3.05, 3.63) is 35.9 Å². The molecule has 0 aliphatic rings. The largest absolute Gasteiger partial charge is 0.476 e. The first-order valence-electron chi connectivity index (χ1n) is 6.07. The van der Waals surface area contributed by atoms with Crippen LogP contribution in [0.3, 0.4) is 0 Å². The van der Waals surface area contributed by atoms with E-state index in [-0.39, 0.29) is 0 Å². The monoisotopic (exact) mass is 245 g/mol. The summed E-state index contributed by atoms with van der Waals surface area (Å²) in [6, 6.07) is 9.91. The van der Waals surface area contributed by atoms with E-state index in [4.69, 9.17) is 10.5 Å². The van der Waals surface area contributed by atoms with E-state index in [2.05, 4.69) is 9.88 Å². The Hall–Kier alpha value is -1.65. The average molecular weight is 245 g/mol. The number of fused-ring (bicyclic) bond motifs is 1. The van der Waals surface area contributed by atoms with E-state index in [9.17, 15) is 0 Å². The molecule has 0 atom stereocenters. The zero-order valence-corrected chi connectivity index (χ0v) is 10.9. The molecule has 0 saturated carbocycles. The number of likely N-dealkylation sites (N-methyl/N-ethyl adjacent to an activating group) is 1. The van der Waals surface area contributed by atoms with Crippen LogP contribution in [0, 0.1) is 0 Å². The fraction of sp³-hybridized carbons (Fsp3) is 0.357. The summed E-state index contributed by atoms with van der Waals surface area (Å²) in [5, 5.41) is 1.10. The van der Waals surface area contributed by atoms with Crippen molar-refractivity contribution < 1.29 is 4.74 Å². The van der Waals surface area contributed by atoms with Crippen LogP contribution in [0.1, 0.15) is 5.56 Å². The van der Waals surface area contributed by atoms with Gasteiger partial charge in [0.2, 0.25) is 5.88 Å². The first kappa shape index (κ1) is 12.8. The minimum atomic E-state index is 0.493. The lowest BCUT2D eigenvalue weighted by atomic mass is 10.1. The van der Waals surface area contributed by atoms with Gasteiger partial charge in [-0.15, -0.1) is 0 Å². The van der Waals surface area contributed by atoms with Gasteiger partial charge in [-0.05, 0) is 25.7 Å². The Morgan fingerprint density at radius 1 is 1.28 bits per heavy atom. The molecule has 4 nitrogen and oxygen atoms in total. The Morgan fingerprint density at radius 3 is 2.78 bits per heavy atom. The number of pyridine rings is 1. The summed E-state index contributed by atoms with van der Waals surface area (Å²) in [5.74, 6) is 0.649. The third kappa shape index (κ3) is 2.97. The van der Waals surface area contributed by atoms with Gasteiger partial charge in [-0.1, -0.05) is 18.2 Å². The molecule has 4 heteroatoms. The summed E-state index contributed by atoms with van der Waals surface area (Å²) in [4.78, 5) is 6.56. The Balaban J connectivity index is 2.24. The van der Waals surface area contributed by atoms with Crippen LogP contribution in [0.4, 0.5) is 0 Å². The smallest absolute Gasteiger partial charge is 0.214 e. The second kappa shape index (κ2) is 5.80. The Kier molecular flexibility index (Phi) is 4.12. The highest BCUT2D eigenvalue weighted by Gasteiger charge is 2.05. The number of nitrogens with zero attached hydrogens (tertiary/aromatic N) is 2. The molecule has 1 aromatic heterocycles. The van der Waals surface area contributed by atoms with E-state index in [0.29, 0.717) is 19.0 Å². The highest BCUT2D eigenvalue weighted by atomic mass is 16.5. The lowest BCUT2D eigenvalue weighted by Gasteiger charge is -2.12. The summed E-state index contributed by atoms with van der Waals surface area (Å²) >= 11 is 0. The predicted molar refractivity (Wildman–Crippen MR) is 73.7 cm³/mol. The molecule has 0 saturated heterocycles. The molecule has 0 spiro atoms. The average Bonchev–Trinajstić information content (AvgIpc) is 2.37. The van der Waals surface area contributed by atoms with Crippen LogP contribution in [0.15, 0.2) is 30.3 Å². The Labute approximate surface area is 107 Å². The van der Waals surface area contributed by atoms with E-state index in [1.807, 2.05) is 44.4 Å². The van der Waals surface area contributed by atoms with Crippen molar-refractivity contribution in [2.75, 3.05) is 27.2 Å². The number of hydrogen-bond acceptors (Lipinski definition) is 4. The molecule has 18 heavy (non-hydrogen) atoms. The van der Waals surface area contributed by atoms with E-state index in [0.717, 1.165) is 23.0 Å². The lowest BCUT2D eigenvalue weighted by molar-refractivity contribution is 0.254. The van der Waals surface area contributed by atoms with E-state index in [1.165, 1.54) is 0 Å². The van der Waals surface area contributed by atoms with Crippen molar-refractivity contribution in [3.63, 3.8) is 0 Å². The number of aromatic nitrogens is 1. The van der Waals surface area contributed by atoms with Gasteiger partial charge >= 0.3 is 0 Å². The van der Waals surface area contributed by atoms with Crippen molar-refractivity contribution in [1.82, 2.24) is 9.88 Å². The summed E-state index contributed by atoms with van der Waals surface area (Å²) in [6.45, 7) is 1.99. The number of rotatable bonds is 5. The van der Waals surface area contributed by atoms with Gasteiger partial charge in [-0.2, -0.15) is 0 Å². The second-order valence-electron chi connectivity index (χ2n) is 4.49. The van der Waals surface area contributed by atoms with Crippen LogP contribution in [0.2, 0.25) is 0 Å². The van der Waals surface area contributed by atoms with Crippen molar-refractivity contribution in [2.45, 2.75) is 6.54 Å². The van der Waals surface area contributed by atoms with Gasteiger partial charge in [0.1, 0.15) is 6.61 Å². The van der Waals surface area contributed by atoms with Crippen LogP contribution in [-0.4, -0.2) is 37.1 Å². The van der Waals surface area contributed by atoms with Gasteiger partial charge in [0.15, 0.2) is 0 Å². The van der Waals surface area contributed by atoms with Crippen LogP contribution < -0.4 is 10.5 Å². The van der Waals surface area contributed by atoms with Crippen LogP contribution >= 0.6 is 0 Å². The summed E-state index contributed by atoms with van der Waals surface area (Å²) < 4.78 is 5.66. The molecule has 96 valence electrons. The highest BCUT2D eigenvalue weighted by Crippen LogP contribution is 2.21. The molecule has 0 radical (unpaired) electrons. The third-order valence-electron chi connectivity index (χ3n) is 2.79. The summed E-state index contributed by atoms with van der Waals surface area (Å²) in [6.07, 6.45) is 0. The van der Waals surface area contributed by atoms with Gasteiger partial charge in [0.25, 0.3) is 0 Å². The maximum absolute atomic E-state index is 5.77. The molecular formula is C14H19N3O. The quantitative estimate of drug-likeness (QED) is 0.870. The second-order valence-corrected chi connectivity index (χ2v) is 4.49. The topological polar surface area (TPSA) is 51.4 Å². The molecule has 2 N–H and O–H groups in total. The van der Waals surface area contributed by atoms with E-state index in [1.54, 1.807) is 0 Å². The minimum Gasteiger partial charge on any atom is -0.476 e. The maximum Gasteiger partial charge on any atom is 0.214 e. The van der Waals surface area contributed by atoms with Gasteiger partial charge in [-0.25, -0.2) is 4.98 Å². The van der Waals surface area contributed by atoms with Crippen LogP contribution in [0.25, 0.3) is 10.9 Å². The molecule has 2 rings (SSSR count). The molecule has 1 aromatic carbocycles. The van der Waals surface area contributed by atoms with Crippen LogP contribution in [-0.2, 0) is 6.54 Å². The molecule has 0 amide bonds. The minimum absolute atomic E-state index is 0.493. The summed E-state index contributed by atoms with van der Waals surface area (Å²) in [7, 11) is 4.03. The SMILES string of the molecule is CN(C)CCOc1cc(CN)c2ccccc2n1. The number of para-hydroxylation sites is 1. The first-order chi connectivity index (χ1) is 8.70. The number of benzene rings is 1. The maximum atomic E-state index is 5.77. The van der Waals surface area contributed by atoms with Crippen molar-refractivity contribution in [3.8, 4) is 5.88 Å². The molecule has 0 aliphatic carbocycles. The fourth-order valence-corrected chi connectivity index (χ4v) is 1.80. The normalized spacial score (nSPS) is 11.1. The van der Waals surface area contributed by atoms with E-state index < -0.39 is 0 Å². The predicted octanol–water partition coefficient (Wildman–Crippen LogP) is 1.63. The zero-order chi connectivity index (χ0) is 13.0. The van der Waals surface area contributed by atoms with Gasteiger partial charge < -0.3 is 15.4 Å². The van der Waals surface area contributed by atoms with Crippen LogP contribution in [0.5, 0.6) is 5.88 Å². The highest BCUT2D eigenvalue weighted by molar-refractivity contribution is 5.82. The number of ether oxygens (including phenoxy) is 1. The number of hydrogen-bond donors (Lipinski definition) is 1. The first-order valence-corrected chi connectivity index (χ1v) is 6.07.